The van der Waals surface area contributed by atoms with Gasteiger partial charge in [-0.2, -0.15) is 11.8 Å². The molecule has 1 rings (SSSR count). The van der Waals surface area contributed by atoms with Gasteiger partial charge in [-0.1, -0.05) is 6.08 Å². The Bertz CT molecular complexity index is 231. The van der Waals surface area contributed by atoms with E-state index in [2.05, 4.69) is 11.9 Å². The number of nitrogens with one attached hydrogen (secondary N) is 1. The van der Waals surface area contributed by atoms with Crippen LogP contribution in [0.1, 0.15) is 19.8 Å². The molecule has 3 nitrogen and oxygen atoms in total. The summed E-state index contributed by atoms with van der Waals surface area (Å²) in [7, 11) is 0. The van der Waals surface area contributed by atoms with Crippen LogP contribution in [0, 0.1) is 0 Å². The average Bonchev–Trinajstić information content (AvgIpc) is 2.29. The molecule has 0 saturated carbocycles. The van der Waals surface area contributed by atoms with Gasteiger partial charge in [-0.25, -0.2) is 0 Å². The molecule has 1 amide bonds. The normalized spacial score (nSPS) is 16.4. The number of carbonyl (C=O) groups is 1. The number of halogens is 1. The van der Waals surface area contributed by atoms with Crippen LogP contribution in [0.3, 0.4) is 0 Å². The molecule has 1 aliphatic heterocycles. The van der Waals surface area contributed by atoms with E-state index in [1.54, 1.807) is 6.92 Å². The van der Waals surface area contributed by atoms with Gasteiger partial charge in [-0.05, 0) is 12.8 Å². The molecule has 1 saturated heterocycles. The SMILES string of the molecule is C=CCSCCNC1CCN(C(C)=O)CC1.Cl. The maximum absolute atomic E-state index is 11.1. The van der Waals surface area contributed by atoms with Crippen LogP contribution in [0.2, 0.25) is 0 Å². The van der Waals surface area contributed by atoms with Crippen molar-refractivity contribution in [2.75, 3.05) is 31.1 Å². The zero-order chi connectivity index (χ0) is 11.8. The largest absolute Gasteiger partial charge is 0.343 e. The quantitative estimate of drug-likeness (QED) is 0.595. The van der Waals surface area contributed by atoms with Crippen molar-refractivity contribution in [2.45, 2.75) is 25.8 Å². The fourth-order valence-corrected chi connectivity index (χ4v) is 2.50. The zero-order valence-electron chi connectivity index (χ0n) is 10.5. The van der Waals surface area contributed by atoms with Crippen molar-refractivity contribution >= 4 is 30.1 Å². The average molecular weight is 279 g/mol. The highest BCUT2D eigenvalue weighted by molar-refractivity contribution is 7.99. The highest BCUT2D eigenvalue weighted by Gasteiger charge is 2.19. The first kappa shape index (κ1) is 16.8. The number of likely N-dealkylation sites (tertiary alicyclic amines) is 1. The minimum Gasteiger partial charge on any atom is -0.343 e. The summed E-state index contributed by atoms with van der Waals surface area (Å²) in [5, 5.41) is 3.55. The van der Waals surface area contributed by atoms with Crippen molar-refractivity contribution in [3.05, 3.63) is 12.7 Å². The van der Waals surface area contributed by atoms with Crippen molar-refractivity contribution < 1.29 is 4.79 Å². The van der Waals surface area contributed by atoms with Gasteiger partial charge in [0.2, 0.25) is 5.91 Å². The second kappa shape index (κ2) is 9.80. The highest BCUT2D eigenvalue weighted by atomic mass is 35.5. The van der Waals surface area contributed by atoms with E-state index in [0.717, 1.165) is 44.0 Å². The summed E-state index contributed by atoms with van der Waals surface area (Å²) in [6.07, 6.45) is 4.12. The highest BCUT2D eigenvalue weighted by Crippen LogP contribution is 2.10. The Morgan fingerprint density at radius 2 is 2.18 bits per heavy atom. The van der Waals surface area contributed by atoms with Gasteiger partial charge in [0.15, 0.2) is 0 Å². The molecule has 5 heteroatoms. The second-order valence-electron chi connectivity index (χ2n) is 4.10. The van der Waals surface area contributed by atoms with E-state index in [9.17, 15) is 4.79 Å². The van der Waals surface area contributed by atoms with E-state index in [0.29, 0.717) is 6.04 Å². The standard InChI is InChI=1S/C12H22N2OS.ClH/c1-3-9-16-10-6-13-12-4-7-14(8-5-12)11(2)15;/h3,12-13H,1,4-10H2,2H3;1H. The number of amides is 1. The van der Waals surface area contributed by atoms with Crippen molar-refractivity contribution in [1.29, 1.82) is 0 Å². The molecule has 100 valence electrons. The number of piperidine rings is 1. The molecule has 1 heterocycles. The lowest BCUT2D eigenvalue weighted by Crippen LogP contribution is -2.44. The smallest absolute Gasteiger partial charge is 0.219 e. The van der Waals surface area contributed by atoms with Crippen molar-refractivity contribution in [3.63, 3.8) is 0 Å². The summed E-state index contributed by atoms with van der Waals surface area (Å²) < 4.78 is 0. The summed E-state index contributed by atoms with van der Waals surface area (Å²) in [4.78, 5) is 13.1. The summed E-state index contributed by atoms with van der Waals surface area (Å²) in [6.45, 7) is 8.22. The fourth-order valence-electron chi connectivity index (χ4n) is 1.90. The Labute approximate surface area is 115 Å². The number of hydrogen-bond acceptors (Lipinski definition) is 3. The second-order valence-corrected chi connectivity index (χ2v) is 5.25. The first-order valence-electron chi connectivity index (χ1n) is 5.91. The van der Waals surface area contributed by atoms with Crippen LogP contribution in [0.25, 0.3) is 0 Å². The van der Waals surface area contributed by atoms with Crippen molar-refractivity contribution in [2.24, 2.45) is 0 Å². The lowest BCUT2D eigenvalue weighted by Gasteiger charge is -2.31. The molecule has 0 aromatic rings. The molecule has 0 spiro atoms. The van der Waals surface area contributed by atoms with E-state index in [1.807, 2.05) is 22.7 Å². The van der Waals surface area contributed by atoms with Gasteiger partial charge >= 0.3 is 0 Å². The molecule has 0 unspecified atom stereocenters. The monoisotopic (exact) mass is 278 g/mol. The van der Waals surface area contributed by atoms with E-state index in [-0.39, 0.29) is 18.3 Å². The van der Waals surface area contributed by atoms with Gasteiger partial charge in [0.05, 0.1) is 0 Å². The molecule has 0 bridgehead atoms. The summed E-state index contributed by atoms with van der Waals surface area (Å²) in [6, 6.07) is 0.597. The van der Waals surface area contributed by atoms with Gasteiger partial charge < -0.3 is 10.2 Å². The Hall–Kier alpha value is -0.190. The minimum absolute atomic E-state index is 0. The van der Waals surface area contributed by atoms with Gasteiger partial charge in [-0.15, -0.1) is 19.0 Å². The van der Waals surface area contributed by atoms with E-state index >= 15 is 0 Å². The zero-order valence-corrected chi connectivity index (χ0v) is 12.1. The summed E-state index contributed by atoms with van der Waals surface area (Å²) in [5.74, 6) is 2.38. The molecule has 1 fully saturated rings. The van der Waals surface area contributed by atoms with Crippen LogP contribution >= 0.6 is 24.2 Å². The third kappa shape index (κ3) is 6.96. The molecule has 1 N–H and O–H groups in total. The van der Waals surface area contributed by atoms with E-state index in [1.165, 1.54) is 0 Å². The van der Waals surface area contributed by atoms with Crippen LogP contribution < -0.4 is 5.32 Å². The third-order valence-corrected chi connectivity index (χ3v) is 3.82. The molecular weight excluding hydrogens is 256 g/mol. The van der Waals surface area contributed by atoms with Crippen LogP contribution in [0.15, 0.2) is 12.7 Å². The number of nitrogens with zero attached hydrogens (tertiary/aromatic N) is 1. The predicted octanol–water partition coefficient (Wildman–Crippen LogP) is 1.93. The molecule has 1 aliphatic rings. The van der Waals surface area contributed by atoms with E-state index in [4.69, 9.17) is 0 Å². The molecule has 0 atom stereocenters. The third-order valence-electron chi connectivity index (χ3n) is 2.86. The molecule has 0 aromatic carbocycles. The van der Waals surface area contributed by atoms with Crippen LogP contribution in [0.5, 0.6) is 0 Å². The van der Waals surface area contributed by atoms with Gasteiger partial charge in [-0.3, -0.25) is 4.79 Å². The Morgan fingerprint density at radius 1 is 1.53 bits per heavy atom. The Morgan fingerprint density at radius 3 is 2.71 bits per heavy atom. The molecule has 0 radical (unpaired) electrons. The number of hydrogen-bond donors (Lipinski definition) is 1. The minimum atomic E-state index is 0. The molecule has 17 heavy (non-hydrogen) atoms. The fraction of sp³-hybridized carbons (Fsp3) is 0.750. The predicted molar refractivity (Wildman–Crippen MR) is 78.0 cm³/mol. The molecule has 0 aliphatic carbocycles. The van der Waals surface area contributed by atoms with Crippen LogP contribution in [0.4, 0.5) is 0 Å². The number of rotatable bonds is 6. The maximum Gasteiger partial charge on any atom is 0.219 e. The topological polar surface area (TPSA) is 32.3 Å². The van der Waals surface area contributed by atoms with Crippen molar-refractivity contribution in [1.82, 2.24) is 10.2 Å². The molecule has 0 aromatic heterocycles. The molecular formula is C12H23ClN2OS. The van der Waals surface area contributed by atoms with E-state index < -0.39 is 0 Å². The van der Waals surface area contributed by atoms with Gasteiger partial charge in [0.1, 0.15) is 0 Å². The van der Waals surface area contributed by atoms with Gasteiger partial charge in [0, 0.05) is 44.1 Å². The number of thioether (sulfide) groups is 1. The Balaban J connectivity index is 0.00000256. The lowest BCUT2D eigenvalue weighted by atomic mass is 10.1. The maximum atomic E-state index is 11.1. The van der Waals surface area contributed by atoms with Crippen LogP contribution in [-0.4, -0.2) is 48.0 Å². The van der Waals surface area contributed by atoms with Gasteiger partial charge in [0.25, 0.3) is 0 Å². The first-order chi connectivity index (χ1) is 7.74. The Kier molecular flexibility index (Phi) is 9.69. The lowest BCUT2D eigenvalue weighted by molar-refractivity contribution is -0.129. The first-order valence-corrected chi connectivity index (χ1v) is 7.07. The van der Waals surface area contributed by atoms with Crippen LogP contribution in [-0.2, 0) is 4.79 Å². The number of carbonyl (C=O) groups excluding carboxylic acids is 1. The summed E-state index contributed by atoms with van der Waals surface area (Å²) >= 11 is 1.90. The van der Waals surface area contributed by atoms with Crippen molar-refractivity contribution in [3.8, 4) is 0 Å². The summed E-state index contributed by atoms with van der Waals surface area (Å²) in [5.41, 5.74) is 0.